The maximum atomic E-state index is 11.8. The molecule has 1 heterocycles. The summed E-state index contributed by atoms with van der Waals surface area (Å²) in [5.74, 6) is -2.65. The lowest BCUT2D eigenvalue weighted by atomic mass is 10.1. The minimum atomic E-state index is -1.31. The van der Waals surface area contributed by atoms with E-state index in [2.05, 4.69) is 10.1 Å². The fourth-order valence-electron chi connectivity index (χ4n) is 1.40. The summed E-state index contributed by atoms with van der Waals surface area (Å²) in [6.45, 7) is 0. The highest BCUT2D eigenvalue weighted by Crippen LogP contribution is 2.23. The second-order valence-corrected chi connectivity index (χ2v) is 4.94. The van der Waals surface area contributed by atoms with Gasteiger partial charge in [-0.2, -0.15) is 0 Å². The number of amides is 1. The molecule has 1 aromatic heterocycles. The molecule has 21 heavy (non-hydrogen) atoms. The number of hydrogen-bond donors (Lipinski definition) is 2. The molecular formula is C11H12N2O7S. The molecule has 1 aromatic rings. The van der Waals surface area contributed by atoms with E-state index < -0.39 is 28.8 Å². The van der Waals surface area contributed by atoms with Gasteiger partial charge in [0.15, 0.2) is 0 Å². The third kappa shape index (κ3) is 4.84. The lowest BCUT2D eigenvalue weighted by Crippen LogP contribution is -2.40. The summed E-state index contributed by atoms with van der Waals surface area (Å²) in [5.41, 5.74) is 0. The first-order chi connectivity index (χ1) is 9.85. The predicted molar refractivity (Wildman–Crippen MR) is 71.1 cm³/mol. The van der Waals surface area contributed by atoms with Crippen molar-refractivity contribution in [3.63, 3.8) is 0 Å². The van der Waals surface area contributed by atoms with E-state index in [1.165, 1.54) is 13.2 Å². The third-order valence-corrected chi connectivity index (χ3v) is 3.50. The lowest BCUT2D eigenvalue weighted by molar-refractivity contribution is -0.380. The Morgan fingerprint density at radius 1 is 1.48 bits per heavy atom. The van der Waals surface area contributed by atoms with Crippen LogP contribution in [0.5, 0.6) is 0 Å². The molecule has 2 N–H and O–H groups in total. The van der Waals surface area contributed by atoms with E-state index in [0.717, 1.165) is 6.07 Å². The number of esters is 1. The van der Waals surface area contributed by atoms with Crippen molar-refractivity contribution in [3.05, 3.63) is 27.1 Å². The maximum Gasteiger partial charge on any atom is 0.326 e. The zero-order valence-corrected chi connectivity index (χ0v) is 11.7. The van der Waals surface area contributed by atoms with Crippen molar-refractivity contribution in [1.82, 2.24) is 5.32 Å². The molecule has 1 atom stereocenters. The number of nitrogens with one attached hydrogen (secondary N) is 1. The van der Waals surface area contributed by atoms with Gasteiger partial charge in [0.05, 0.1) is 16.9 Å². The van der Waals surface area contributed by atoms with Crippen molar-refractivity contribution in [2.24, 2.45) is 0 Å². The van der Waals surface area contributed by atoms with Crippen LogP contribution in [0.2, 0.25) is 0 Å². The molecule has 0 aliphatic rings. The Morgan fingerprint density at radius 3 is 2.62 bits per heavy atom. The van der Waals surface area contributed by atoms with Gasteiger partial charge in [-0.25, -0.2) is 4.79 Å². The molecule has 0 saturated heterocycles. The van der Waals surface area contributed by atoms with Crippen molar-refractivity contribution in [3.8, 4) is 0 Å². The first-order valence-electron chi connectivity index (χ1n) is 5.70. The van der Waals surface area contributed by atoms with Gasteiger partial charge in [0.25, 0.3) is 5.91 Å². The molecule has 0 radical (unpaired) electrons. The molecule has 0 bridgehead atoms. The number of carboxylic acids is 1. The largest absolute Gasteiger partial charge is 0.480 e. The number of thiophene rings is 1. The summed E-state index contributed by atoms with van der Waals surface area (Å²) in [6, 6.07) is 1.11. The highest BCUT2D eigenvalue weighted by molar-refractivity contribution is 7.17. The average molecular weight is 316 g/mol. The number of carbonyl (C=O) groups is 3. The van der Waals surface area contributed by atoms with E-state index in [-0.39, 0.29) is 22.7 Å². The fraction of sp³-hybridized carbons (Fsp3) is 0.364. The van der Waals surface area contributed by atoms with Crippen LogP contribution in [0.1, 0.15) is 22.5 Å². The molecule has 0 aliphatic heterocycles. The number of nitrogens with zero attached hydrogens (tertiary/aromatic N) is 1. The Morgan fingerprint density at radius 2 is 2.14 bits per heavy atom. The molecule has 0 saturated carbocycles. The SMILES string of the molecule is COC(=O)CC[C@H](NC(=O)c1ccc([N+](=O)[O-])s1)C(=O)O. The number of methoxy groups -OCH3 is 1. The van der Waals surface area contributed by atoms with E-state index in [9.17, 15) is 24.5 Å². The topological polar surface area (TPSA) is 136 Å². The molecule has 9 nitrogen and oxygen atoms in total. The first kappa shape index (κ1) is 16.6. The van der Waals surface area contributed by atoms with E-state index in [0.29, 0.717) is 11.3 Å². The molecule has 0 unspecified atom stereocenters. The second-order valence-electron chi connectivity index (χ2n) is 3.87. The molecule has 0 aromatic carbocycles. The van der Waals surface area contributed by atoms with Crippen LogP contribution in [0.15, 0.2) is 12.1 Å². The standard InChI is InChI=1S/C11H12N2O7S/c1-20-9(14)5-2-6(11(16)17)12-10(15)7-3-4-8(21-7)13(18)19/h3-4,6H,2,5H2,1H3,(H,12,15)(H,16,17)/t6-/m0/s1. The Balaban J connectivity index is 2.69. The van der Waals surface area contributed by atoms with Crippen molar-refractivity contribution in [2.45, 2.75) is 18.9 Å². The number of carbonyl (C=O) groups excluding carboxylic acids is 2. The van der Waals surface area contributed by atoms with Crippen molar-refractivity contribution in [2.75, 3.05) is 7.11 Å². The zero-order valence-electron chi connectivity index (χ0n) is 10.9. The third-order valence-electron chi connectivity index (χ3n) is 2.46. The fourth-order valence-corrected chi connectivity index (χ4v) is 2.12. The number of hydrogen-bond acceptors (Lipinski definition) is 7. The summed E-state index contributed by atoms with van der Waals surface area (Å²) < 4.78 is 4.38. The van der Waals surface area contributed by atoms with Crippen LogP contribution in [0.25, 0.3) is 0 Å². The summed E-state index contributed by atoms with van der Waals surface area (Å²) >= 11 is 0.636. The summed E-state index contributed by atoms with van der Waals surface area (Å²) in [5, 5.41) is 21.5. The Labute approximate surface area is 122 Å². The van der Waals surface area contributed by atoms with Crippen LogP contribution in [0.4, 0.5) is 5.00 Å². The quantitative estimate of drug-likeness (QED) is 0.431. The van der Waals surface area contributed by atoms with E-state index >= 15 is 0 Å². The molecule has 1 rings (SSSR count). The molecule has 1 amide bonds. The van der Waals surface area contributed by atoms with Crippen molar-refractivity contribution in [1.29, 1.82) is 0 Å². The number of carboxylic acid groups (broad SMARTS) is 1. The minimum Gasteiger partial charge on any atom is -0.480 e. The second kappa shape index (κ2) is 7.33. The monoisotopic (exact) mass is 316 g/mol. The Hall–Kier alpha value is -2.49. The number of rotatable bonds is 7. The number of aliphatic carboxylic acids is 1. The van der Waals surface area contributed by atoms with E-state index in [4.69, 9.17) is 5.11 Å². The first-order valence-corrected chi connectivity index (χ1v) is 6.51. The van der Waals surface area contributed by atoms with Crippen LogP contribution in [0, 0.1) is 10.1 Å². The predicted octanol–water partition coefficient (Wildman–Crippen LogP) is 0.792. The van der Waals surface area contributed by atoms with Gasteiger partial charge in [0.1, 0.15) is 6.04 Å². The highest BCUT2D eigenvalue weighted by Gasteiger charge is 2.23. The van der Waals surface area contributed by atoms with Gasteiger partial charge in [0.2, 0.25) is 0 Å². The smallest absolute Gasteiger partial charge is 0.326 e. The van der Waals surface area contributed by atoms with Crippen LogP contribution in [0.3, 0.4) is 0 Å². The molecule has 10 heteroatoms. The molecular weight excluding hydrogens is 304 g/mol. The molecule has 0 spiro atoms. The van der Waals surface area contributed by atoms with Gasteiger partial charge in [-0.3, -0.25) is 19.7 Å². The van der Waals surface area contributed by atoms with Gasteiger partial charge in [-0.1, -0.05) is 11.3 Å². The zero-order chi connectivity index (χ0) is 16.0. The number of nitro groups is 1. The normalized spacial score (nSPS) is 11.5. The van der Waals surface area contributed by atoms with Gasteiger partial charge >= 0.3 is 16.9 Å². The van der Waals surface area contributed by atoms with Crippen molar-refractivity contribution < 1.29 is 29.2 Å². The van der Waals surface area contributed by atoms with Crippen LogP contribution < -0.4 is 5.32 Å². The molecule has 0 fully saturated rings. The van der Waals surface area contributed by atoms with Crippen molar-refractivity contribution >= 4 is 34.2 Å². The van der Waals surface area contributed by atoms with Crippen LogP contribution >= 0.6 is 11.3 Å². The molecule has 0 aliphatic carbocycles. The minimum absolute atomic E-state index is 0.0195. The van der Waals surface area contributed by atoms with Gasteiger partial charge in [-0.05, 0) is 12.5 Å². The highest BCUT2D eigenvalue weighted by atomic mass is 32.1. The van der Waals surface area contributed by atoms with Gasteiger partial charge < -0.3 is 15.2 Å². The lowest BCUT2D eigenvalue weighted by Gasteiger charge is -2.12. The summed E-state index contributed by atoms with van der Waals surface area (Å²) in [4.78, 5) is 43.7. The van der Waals surface area contributed by atoms with Gasteiger partial charge in [0, 0.05) is 12.5 Å². The average Bonchev–Trinajstić information content (AvgIpc) is 2.92. The van der Waals surface area contributed by atoms with Gasteiger partial charge in [-0.15, -0.1) is 0 Å². The Bertz CT molecular complexity index is 569. The summed E-state index contributed by atoms with van der Waals surface area (Å²) in [7, 11) is 1.17. The van der Waals surface area contributed by atoms with E-state index in [1.54, 1.807) is 0 Å². The van der Waals surface area contributed by atoms with Crippen LogP contribution in [-0.4, -0.2) is 41.0 Å². The molecule has 114 valence electrons. The Kier molecular flexibility index (Phi) is 5.79. The van der Waals surface area contributed by atoms with E-state index in [1.807, 2.05) is 0 Å². The summed E-state index contributed by atoms with van der Waals surface area (Å²) in [6.07, 6.45) is -0.306. The van der Waals surface area contributed by atoms with Crippen LogP contribution in [-0.2, 0) is 14.3 Å². The number of ether oxygens (including phenoxy) is 1. The maximum absolute atomic E-state index is 11.8.